The van der Waals surface area contributed by atoms with E-state index in [1.54, 1.807) is 13.0 Å². The lowest BCUT2D eigenvalue weighted by atomic mass is 10.0. The number of aromatic nitrogens is 2. The van der Waals surface area contributed by atoms with Crippen LogP contribution >= 0.6 is 11.3 Å². The molecule has 0 spiro atoms. The molecule has 1 atom stereocenters. The number of fused-ring (bicyclic) bond motifs is 3. The number of carbonyl (C=O) groups is 1. The van der Waals surface area contributed by atoms with Gasteiger partial charge in [0.2, 0.25) is 0 Å². The summed E-state index contributed by atoms with van der Waals surface area (Å²) in [6.07, 6.45) is 0. The monoisotopic (exact) mass is 378 g/mol. The molecule has 0 N–H and O–H groups in total. The van der Waals surface area contributed by atoms with Crippen LogP contribution in [0, 0.1) is 0 Å². The predicted octanol–water partition coefficient (Wildman–Crippen LogP) is 4.24. The second-order valence-electron chi connectivity index (χ2n) is 6.27. The third-order valence-corrected chi connectivity index (χ3v) is 5.54. The van der Waals surface area contributed by atoms with Crippen molar-refractivity contribution < 1.29 is 9.53 Å². The number of hydrogen-bond donors (Lipinski definition) is 0. The minimum Gasteiger partial charge on any atom is -0.466 e. The smallest absolute Gasteiger partial charge is 0.313 e. The van der Waals surface area contributed by atoms with Gasteiger partial charge in [-0.2, -0.15) is 4.98 Å². The van der Waals surface area contributed by atoms with E-state index >= 15 is 0 Å². The van der Waals surface area contributed by atoms with E-state index in [2.05, 4.69) is 4.98 Å². The van der Waals surface area contributed by atoms with Gasteiger partial charge in [-0.15, -0.1) is 0 Å². The second-order valence-corrected chi connectivity index (χ2v) is 7.28. The highest BCUT2D eigenvalue weighted by Crippen LogP contribution is 2.32. The summed E-state index contributed by atoms with van der Waals surface area (Å²) in [4.78, 5) is 29.0. The van der Waals surface area contributed by atoms with Gasteiger partial charge in [0, 0.05) is 6.07 Å². The number of nitrogens with zero attached hydrogens (tertiary/aromatic N) is 2. The minimum atomic E-state index is -0.346. The predicted molar refractivity (Wildman–Crippen MR) is 107 cm³/mol. The lowest BCUT2D eigenvalue weighted by Gasteiger charge is -2.11. The first-order valence-electron chi connectivity index (χ1n) is 8.77. The standard InChI is InChI=1S/C21H18N2O3S/c1-3-26-20(25)13(2)15-9-10-16-18(11-15)27-21-22-19(24)12-17(23(16)21)14-7-5-4-6-8-14/h4-13H,3H2,1-2H3. The average Bonchev–Trinajstić information content (AvgIpc) is 3.04. The molecular formula is C21H18N2O3S. The van der Waals surface area contributed by atoms with Crippen molar-refractivity contribution in [3.63, 3.8) is 0 Å². The molecule has 0 bridgehead atoms. The van der Waals surface area contributed by atoms with Gasteiger partial charge < -0.3 is 4.74 Å². The van der Waals surface area contributed by atoms with Gasteiger partial charge in [0.05, 0.1) is 28.4 Å². The minimum absolute atomic E-state index is 0.240. The summed E-state index contributed by atoms with van der Waals surface area (Å²) < 4.78 is 8.09. The number of benzene rings is 2. The summed E-state index contributed by atoms with van der Waals surface area (Å²) in [5, 5.41) is 0. The normalized spacial score (nSPS) is 12.4. The number of thiazole rings is 1. The Morgan fingerprint density at radius 1 is 1.19 bits per heavy atom. The molecule has 0 saturated heterocycles. The van der Waals surface area contributed by atoms with Crippen molar-refractivity contribution in [3.8, 4) is 11.3 Å². The van der Waals surface area contributed by atoms with Crippen LogP contribution in [0.5, 0.6) is 0 Å². The van der Waals surface area contributed by atoms with Gasteiger partial charge in [-0.1, -0.05) is 47.7 Å². The molecule has 0 aliphatic carbocycles. The first-order chi connectivity index (χ1) is 13.1. The summed E-state index contributed by atoms with van der Waals surface area (Å²) in [7, 11) is 0. The van der Waals surface area contributed by atoms with Crippen molar-refractivity contribution in [1.82, 2.24) is 9.38 Å². The van der Waals surface area contributed by atoms with Crippen molar-refractivity contribution in [3.05, 3.63) is 70.5 Å². The Balaban J connectivity index is 1.92. The first-order valence-corrected chi connectivity index (χ1v) is 9.58. The molecule has 0 fully saturated rings. The number of hydrogen-bond acceptors (Lipinski definition) is 5. The highest BCUT2D eigenvalue weighted by atomic mass is 32.1. The Hall–Kier alpha value is -2.99. The van der Waals surface area contributed by atoms with Crippen LogP contribution in [0.1, 0.15) is 25.3 Å². The fraction of sp³-hybridized carbons (Fsp3) is 0.190. The Labute approximate surface area is 159 Å². The summed E-state index contributed by atoms with van der Waals surface area (Å²) in [6, 6.07) is 17.2. The van der Waals surface area contributed by atoms with E-state index in [0.717, 1.165) is 27.0 Å². The molecule has 0 amide bonds. The maximum absolute atomic E-state index is 12.1. The molecule has 4 aromatic rings. The van der Waals surface area contributed by atoms with Crippen LogP contribution in [0.15, 0.2) is 59.4 Å². The molecular weight excluding hydrogens is 360 g/mol. The van der Waals surface area contributed by atoms with Crippen molar-refractivity contribution >= 4 is 32.5 Å². The Morgan fingerprint density at radius 3 is 2.70 bits per heavy atom. The molecule has 4 rings (SSSR count). The highest BCUT2D eigenvalue weighted by molar-refractivity contribution is 7.23. The SMILES string of the molecule is CCOC(=O)C(C)c1ccc2c(c1)sc1nc(=O)cc(-c3ccccc3)n12. The zero-order valence-corrected chi connectivity index (χ0v) is 15.8. The fourth-order valence-corrected chi connectivity index (χ4v) is 4.23. The summed E-state index contributed by atoms with van der Waals surface area (Å²) in [5.74, 6) is -0.586. The van der Waals surface area contributed by atoms with Gasteiger partial charge in [0.25, 0.3) is 5.56 Å². The van der Waals surface area contributed by atoms with E-state index in [4.69, 9.17) is 4.74 Å². The highest BCUT2D eigenvalue weighted by Gasteiger charge is 2.18. The van der Waals surface area contributed by atoms with Gasteiger partial charge in [-0.3, -0.25) is 14.0 Å². The number of rotatable bonds is 4. The molecule has 2 heterocycles. The van der Waals surface area contributed by atoms with Gasteiger partial charge >= 0.3 is 5.97 Å². The molecule has 1 unspecified atom stereocenters. The van der Waals surface area contributed by atoms with Crippen LogP contribution in [0.4, 0.5) is 0 Å². The molecule has 2 aromatic carbocycles. The zero-order chi connectivity index (χ0) is 19.0. The van der Waals surface area contributed by atoms with Crippen LogP contribution in [0.25, 0.3) is 26.4 Å². The Kier molecular flexibility index (Phi) is 4.49. The molecule has 136 valence electrons. The molecule has 6 heteroatoms. The van der Waals surface area contributed by atoms with Crippen molar-refractivity contribution in [2.75, 3.05) is 6.61 Å². The Bertz CT molecular complexity index is 1190. The zero-order valence-electron chi connectivity index (χ0n) is 15.0. The molecule has 0 aliphatic rings. The molecule has 2 aromatic heterocycles. The maximum Gasteiger partial charge on any atom is 0.313 e. The van der Waals surface area contributed by atoms with E-state index in [1.807, 2.05) is 59.9 Å². The summed E-state index contributed by atoms with van der Waals surface area (Å²) in [5.41, 5.74) is 3.34. The molecule has 0 saturated carbocycles. The van der Waals surface area contributed by atoms with Gasteiger partial charge in [0.15, 0.2) is 4.96 Å². The third-order valence-electron chi connectivity index (χ3n) is 4.53. The first kappa shape index (κ1) is 17.4. The average molecular weight is 378 g/mol. The van der Waals surface area contributed by atoms with Crippen molar-refractivity contribution in [2.24, 2.45) is 0 Å². The van der Waals surface area contributed by atoms with Crippen LogP contribution in [0.3, 0.4) is 0 Å². The quantitative estimate of drug-likeness (QED) is 0.498. The van der Waals surface area contributed by atoms with Crippen molar-refractivity contribution in [2.45, 2.75) is 19.8 Å². The van der Waals surface area contributed by atoms with Crippen LogP contribution in [0.2, 0.25) is 0 Å². The number of carbonyl (C=O) groups excluding carboxylic acids is 1. The number of ether oxygens (including phenoxy) is 1. The van der Waals surface area contributed by atoms with E-state index in [9.17, 15) is 9.59 Å². The lowest BCUT2D eigenvalue weighted by molar-refractivity contribution is -0.144. The third kappa shape index (κ3) is 3.13. The van der Waals surface area contributed by atoms with Crippen LogP contribution in [-0.4, -0.2) is 22.0 Å². The fourth-order valence-electron chi connectivity index (χ4n) is 3.15. The lowest BCUT2D eigenvalue weighted by Crippen LogP contribution is -2.12. The van der Waals surface area contributed by atoms with E-state index in [-0.39, 0.29) is 17.4 Å². The van der Waals surface area contributed by atoms with E-state index in [1.165, 1.54) is 11.3 Å². The van der Waals surface area contributed by atoms with Crippen LogP contribution in [-0.2, 0) is 9.53 Å². The van der Waals surface area contributed by atoms with Gasteiger partial charge in [0.1, 0.15) is 0 Å². The Morgan fingerprint density at radius 2 is 1.96 bits per heavy atom. The maximum atomic E-state index is 12.1. The second kappa shape index (κ2) is 6.96. The molecule has 27 heavy (non-hydrogen) atoms. The summed E-state index contributed by atoms with van der Waals surface area (Å²) in [6.45, 7) is 4.00. The summed E-state index contributed by atoms with van der Waals surface area (Å²) >= 11 is 1.44. The van der Waals surface area contributed by atoms with Crippen LogP contribution < -0.4 is 5.56 Å². The number of esters is 1. The molecule has 0 radical (unpaired) electrons. The van der Waals surface area contributed by atoms with E-state index in [0.29, 0.717) is 11.6 Å². The van der Waals surface area contributed by atoms with Crippen molar-refractivity contribution in [1.29, 1.82) is 0 Å². The van der Waals surface area contributed by atoms with Gasteiger partial charge in [-0.25, -0.2) is 0 Å². The topological polar surface area (TPSA) is 60.7 Å². The van der Waals surface area contributed by atoms with Gasteiger partial charge in [-0.05, 0) is 37.1 Å². The van der Waals surface area contributed by atoms with E-state index < -0.39 is 0 Å². The largest absolute Gasteiger partial charge is 0.466 e. The molecule has 5 nitrogen and oxygen atoms in total. The molecule has 0 aliphatic heterocycles.